The van der Waals surface area contributed by atoms with Crippen molar-refractivity contribution in [1.29, 1.82) is 0 Å². The van der Waals surface area contributed by atoms with E-state index >= 15 is 0 Å². The van der Waals surface area contributed by atoms with Gasteiger partial charge in [0.15, 0.2) is 0 Å². The quantitative estimate of drug-likeness (QED) is 0.814. The molecule has 1 aliphatic carbocycles. The number of hydrogen-bond acceptors (Lipinski definition) is 3. The molecule has 1 spiro atoms. The van der Waals surface area contributed by atoms with E-state index in [-0.39, 0.29) is 23.6 Å². The van der Waals surface area contributed by atoms with Crippen molar-refractivity contribution < 1.29 is 14.3 Å². The summed E-state index contributed by atoms with van der Waals surface area (Å²) in [6, 6.07) is -0.266. The van der Waals surface area contributed by atoms with Crippen molar-refractivity contribution >= 4 is 11.9 Å². The Morgan fingerprint density at radius 2 is 1.95 bits per heavy atom. The van der Waals surface area contributed by atoms with Crippen molar-refractivity contribution in [3.8, 4) is 0 Å². The Morgan fingerprint density at radius 1 is 1.24 bits per heavy atom. The van der Waals surface area contributed by atoms with Crippen LogP contribution in [0.4, 0.5) is 4.79 Å². The van der Waals surface area contributed by atoms with Crippen LogP contribution in [0.15, 0.2) is 0 Å². The molecule has 2 heterocycles. The van der Waals surface area contributed by atoms with Crippen LogP contribution in [-0.4, -0.2) is 40.6 Å². The second-order valence-electron chi connectivity index (χ2n) is 7.02. The summed E-state index contributed by atoms with van der Waals surface area (Å²) in [5.41, 5.74) is -0.658. The van der Waals surface area contributed by atoms with Crippen LogP contribution in [0.2, 0.25) is 0 Å². The Morgan fingerprint density at radius 3 is 2.62 bits per heavy atom. The van der Waals surface area contributed by atoms with E-state index in [9.17, 15) is 9.59 Å². The van der Waals surface area contributed by atoms with E-state index in [1.165, 1.54) is 19.3 Å². The molecule has 0 bridgehead atoms. The van der Waals surface area contributed by atoms with Crippen LogP contribution in [-0.2, 0) is 9.53 Å². The third kappa shape index (κ3) is 2.45. The molecule has 21 heavy (non-hydrogen) atoms. The van der Waals surface area contributed by atoms with Gasteiger partial charge in [-0.15, -0.1) is 0 Å². The third-order valence-electron chi connectivity index (χ3n) is 5.73. The number of amides is 3. The fourth-order valence-electron chi connectivity index (χ4n) is 4.07. The van der Waals surface area contributed by atoms with E-state index in [1.54, 1.807) is 4.90 Å². The molecule has 3 aliphatic rings. The molecule has 0 aromatic carbocycles. The summed E-state index contributed by atoms with van der Waals surface area (Å²) in [6.07, 6.45) is 8.92. The number of carbonyl (C=O) groups is 2. The Kier molecular flexibility index (Phi) is 3.72. The molecule has 5 heteroatoms. The highest BCUT2D eigenvalue weighted by atomic mass is 16.5. The van der Waals surface area contributed by atoms with Crippen molar-refractivity contribution in [2.45, 2.75) is 82.5 Å². The van der Waals surface area contributed by atoms with Crippen LogP contribution in [0, 0.1) is 0 Å². The fraction of sp³-hybridized carbons (Fsp3) is 0.875. The first-order valence-corrected chi connectivity index (χ1v) is 8.30. The molecule has 5 nitrogen and oxygen atoms in total. The minimum atomic E-state index is -0.719. The zero-order valence-electron chi connectivity index (χ0n) is 13.1. The molecule has 0 aromatic rings. The highest BCUT2D eigenvalue weighted by Gasteiger charge is 2.50. The smallest absolute Gasteiger partial charge is 0.325 e. The van der Waals surface area contributed by atoms with Gasteiger partial charge in [0.2, 0.25) is 0 Å². The van der Waals surface area contributed by atoms with Gasteiger partial charge in [0.25, 0.3) is 5.91 Å². The standard InChI is InChI=1S/C16H26N2O3/c1-3-15(2)13(19)17-14(20)18(15)11-12-7-10-16(21-12)8-5-4-6-9-16/h12H,3-11H2,1-2H3,(H,17,19,20). The Bertz CT molecular complexity index is 445. The summed E-state index contributed by atoms with van der Waals surface area (Å²) >= 11 is 0. The lowest BCUT2D eigenvalue weighted by molar-refractivity contribution is -0.127. The molecule has 3 rings (SSSR count). The van der Waals surface area contributed by atoms with E-state index in [4.69, 9.17) is 4.74 Å². The maximum atomic E-state index is 12.1. The van der Waals surface area contributed by atoms with Crippen LogP contribution < -0.4 is 5.32 Å². The second-order valence-corrected chi connectivity index (χ2v) is 7.02. The molecule has 3 amide bonds. The second kappa shape index (κ2) is 5.27. The van der Waals surface area contributed by atoms with E-state index in [2.05, 4.69) is 5.32 Å². The number of nitrogens with zero attached hydrogens (tertiary/aromatic N) is 1. The van der Waals surface area contributed by atoms with Gasteiger partial charge in [-0.25, -0.2) is 4.79 Å². The van der Waals surface area contributed by atoms with Crippen LogP contribution in [0.25, 0.3) is 0 Å². The molecule has 2 saturated heterocycles. The summed E-state index contributed by atoms with van der Waals surface area (Å²) in [5.74, 6) is -0.180. The van der Waals surface area contributed by atoms with Gasteiger partial charge < -0.3 is 9.64 Å². The first-order chi connectivity index (χ1) is 9.99. The fourth-order valence-corrected chi connectivity index (χ4v) is 4.07. The normalized spacial score (nSPS) is 35.5. The Hall–Kier alpha value is -1.10. The zero-order chi connectivity index (χ0) is 15.1. The number of nitrogens with one attached hydrogen (secondary N) is 1. The van der Waals surface area contributed by atoms with Crippen molar-refractivity contribution in [3.05, 3.63) is 0 Å². The molecule has 3 fully saturated rings. The van der Waals surface area contributed by atoms with Gasteiger partial charge >= 0.3 is 6.03 Å². The molecular formula is C16H26N2O3. The van der Waals surface area contributed by atoms with Gasteiger partial charge in [0.1, 0.15) is 5.54 Å². The van der Waals surface area contributed by atoms with E-state index in [1.807, 2.05) is 13.8 Å². The molecule has 1 N–H and O–H groups in total. The van der Waals surface area contributed by atoms with Crippen LogP contribution in [0.5, 0.6) is 0 Å². The highest BCUT2D eigenvalue weighted by molar-refractivity contribution is 6.06. The van der Waals surface area contributed by atoms with Crippen molar-refractivity contribution in [3.63, 3.8) is 0 Å². The van der Waals surface area contributed by atoms with Gasteiger partial charge in [-0.3, -0.25) is 10.1 Å². The molecule has 2 unspecified atom stereocenters. The minimum absolute atomic E-state index is 0.0613. The van der Waals surface area contributed by atoms with E-state index in [0.29, 0.717) is 13.0 Å². The predicted molar refractivity (Wildman–Crippen MR) is 78.9 cm³/mol. The Labute approximate surface area is 126 Å². The average Bonchev–Trinajstić information content (AvgIpc) is 2.95. The molecule has 1 saturated carbocycles. The zero-order valence-corrected chi connectivity index (χ0v) is 13.1. The summed E-state index contributed by atoms with van der Waals surface area (Å²) < 4.78 is 6.34. The first-order valence-electron chi connectivity index (χ1n) is 8.30. The third-order valence-corrected chi connectivity index (χ3v) is 5.73. The number of rotatable bonds is 3. The van der Waals surface area contributed by atoms with Crippen LogP contribution in [0.3, 0.4) is 0 Å². The van der Waals surface area contributed by atoms with E-state index in [0.717, 1.165) is 25.7 Å². The molecule has 2 atom stereocenters. The van der Waals surface area contributed by atoms with Gasteiger partial charge in [-0.2, -0.15) is 0 Å². The number of ether oxygens (including phenoxy) is 1. The number of hydrogen-bond donors (Lipinski definition) is 1. The first kappa shape index (κ1) is 14.8. The van der Waals surface area contributed by atoms with Crippen molar-refractivity contribution in [2.24, 2.45) is 0 Å². The summed E-state index contributed by atoms with van der Waals surface area (Å²) in [7, 11) is 0. The molecule has 2 aliphatic heterocycles. The molecular weight excluding hydrogens is 268 g/mol. The summed E-state index contributed by atoms with van der Waals surface area (Å²) in [5, 5.41) is 2.45. The van der Waals surface area contributed by atoms with Crippen LogP contribution in [0.1, 0.15) is 65.2 Å². The number of urea groups is 1. The lowest BCUT2D eigenvalue weighted by atomic mass is 9.83. The SMILES string of the molecule is CCC1(C)C(=O)NC(=O)N1CC1CCC2(CCCCC2)O1. The van der Waals surface area contributed by atoms with Gasteiger partial charge in [0, 0.05) is 6.54 Å². The lowest BCUT2D eigenvalue weighted by Gasteiger charge is -2.36. The average molecular weight is 294 g/mol. The number of imide groups is 1. The Balaban J connectivity index is 1.67. The van der Waals surface area contributed by atoms with Gasteiger partial charge in [0.05, 0.1) is 11.7 Å². The summed E-state index contributed by atoms with van der Waals surface area (Å²) in [4.78, 5) is 25.7. The number of carbonyl (C=O) groups excluding carboxylic acids is 2. The van der Waals surface area contributed by atoms with Gasteiger partial charge in [-0.05, 0) is 39.0 Å². The lowest BCUT2D eigenvalue weighted by Crippen LogP contribution is -2.49. The van der Waals surface area contributed by atoms with E-state index < -0.39 is 5.54 Å². The maximum absolute atomic E-state index is 12.1. The van der Waals surface area contributed by atoms with Crippen molar-refractivity contribution in [1.82, 2.24) is 10.2 Å². The minimum Gasteiger partial charge on any atom is -0.370 e. The maximum Gasteiger partial charge on any atom is 0.325 e. The largest absolute Gasteiger partial charge is 0.370 e. The topological polar surface area (TPSA) is 58.6 Å². The molecule has 118 valence electrons. The monoisotopic (exact) mass is 294 g/mol. The molecule has 0 radical (unpaired) electrons. The predicted octanol–water partition coefficient (Wildman–Crippen LogP) is 2.59. The molecule has 0 aromatic heterocycles. The highest BCUT2D eigenvalue weighted by Crippen LogP contribution is 2.42. The summed E-state index contributed by atoms with van der Waals surface area (Å²) in [6.45, 7) is 4.32. The van der Waals surface area contributed by atoms with Crippen LogP contribution >= 0.6 is 0 Å². The van der Waals surface area contributed by atoms with Crippen molar-refractivity contribution in [2.75, 3.05) is 6.54 Å². The van der Waals surface area contributed by atoms with Gasteiger partial charge in [-0.1, -0.05) is 26.2 Å².